The number of benzene rings is 1. The average Bonchev–Trinajstić information content (AvgIpc) is 2.44. The second-order valence-corrected chi connectivity index (χ2v) is 4.92. The third-order valence-electron chi connectivity index (χ3n) is 3.62. The van der Waals surface area contributed by atoms with Gasteiger partial charge in [-0.2, -0.15) is 0 Å². The number of carbonyl (C=O) groups excluding carboxylic acids is 1. The fourth-order valence-electron chi connectivity index (χ4n) is 1.97. The lowest BCUT2D eigenvalue weighted by Crippen LogP contribution is -2.44. The Morgan fingerprint density at radius 2 is 2.15 bits per heavy atom. The molecule has 0 aliphatic heterocycles. The topological polar surface area (TPSA) is 67.6 Å². The van der Waals surface area contributed by atoms with E-state index >= 15 is 0 Å². The van der Waals surface area contributed by atoms with Crippen molar-refractivity contribution in [2.24, 2.45) is 11.8 Å². The van der Waals surface area contributed by atoms with Gasteiger partial charge in [-0.05, 0) is 31.7 Å². The van der Waals surface area contributed by atoms with E-state index < -0.39 is 0 Å². The number of hydrogen-bond acceptors (Lipinski definition) is 4. The van der Waals surface area contributed by atoms with E-state index in [1.807, 2.05) is 18.9 Å². The zero-order valence-electron chi connectivity index (χ0n) is 12.3. The quantitative estimate of drug-likeness (QED) is 0.469. The lowest BCUT2D eigenvalue weighted by Gasteiger charge is -2.28. The lowest BCUT2D eigenvalue weighted by molar-refractivity contribution is -0.126. The molecule has 1 amide bonds. The molecule has 0 aliphatic carbocycles. The number of halogens is 1. The Morgan fingerprint density at radius 3 is 2.65 bits per heavy atom. The first-order chi connectivity index (χ1) is 9.40. The van der Waals surface area contributed by atoms with Crippen molar-refractivity contribution in [2.45, 2.75) is 26.4 Å². The van der Waals surface area contributed by atoms with Gasteiger partial charge < -0.3 is 4.74 Å². The standard InChI is InChI=1S/C14H22FN3O2/c1-9(14(19)17-16)10(2)18(3)8-11-5-6-13(20-4)12(15)7-11/h5-7,9-10H,8,16H2,1-4H3,(H,17,19). The summed E-state index contributed by atoms with van der Waals surface area (Å²) in [5.41, 5.74) is 2.96. The van der Waals surface area contributed by atoms with Crippen LogP contribution in [0.1, 0.15) is 19.4 Å². The van der Waals surface area contributed by atoms with Gasteiger partial charge in [-0.3, -0.25) is 15.1 Å². The summed E-state index contributed by atoms with van der Waals surface area (Å²) in [5.74, 6) is 4.49. The molecule has 0 saturated heterocycles. The van der Waals surface area contributed by atoms with E-state index in [0.717, 1.165) is 5.56 Å². The molecule has 1 aromatic carbocycles. The highest BCUT2D eigenvalue weighted by molar-refractivity contribution is 5.78. The molecule has 6 heteroatoms. The summed E-state index contributed by atoms with van der Waals surface area (Å²) in [5, 5.41) is 0. The minimum absolute atomic E-state index is 0.0243. The van der Waals surface area contributed by atoms with E-state index in [2.05, 4.69) is 5.43 Å². The highest BCUT2D eigenvalue weighted by atomic mass is 19.1. The van der Waals surface area contributed by atoms with Gasteiger partial charge in [-0.1, -0.05) is 13.0 Å². The molecule has 0 aromatic heterocycles. The summed E-state index contributed by atoms with van der Waals surface area (Å²) in [6.45, 7) is 4.27. The van der Waals surface area contributed by atoms with Gasteiger partial charge >= 0.3 is 0 Å². The Labute approximate surface area is 118 Å². The van der Waals surface area contributed by atoms with Crippen molar-refractivity contribution in [2.75, 3.05) is 14.2 Å². The Morgan fingerprint density at radius 1 is 1.50 bits per heavy atom. The second kappa shape index (κ2) is 7.21. The summed E-state index contributed by atoms with van der Waals surface area (Å²) in [7, 11) is 3.31. The number of ether oxygens (including phenoxy) is 1. The maximum atomic E-state index is 13.6. The predicted molar refractivity (Wildman–Crippen MR) is 75.4 cm³/mol. The van der Waals surface area contributed by atoms with Gasteiger partial charge in [-0.25, -0.2) is 10.2 Å². The van der Waals surface area contributed by atoms with Crippen LogP contribution in [0.15, 0.2) is 18.2 Å². The van der Waals surface area contributed by atoms with E-state index in [9.17, 15) is 9.18 Å². The highest BCUT2D eigenvalue weighted by Crippen LogP contribution is 2.20. The number of hydrazine groups is 1. The van der Waals surface area contributed by atoms with E-state index in [4.69, 9.17) is 10.6 Å². The smallest absolute Gasteiger partial charge is 0.238 e. The first kappa shape index (κ1) is 16.4. The zero-order valence-corrected chi connectivity index (χ0v) is 12.3. The molecule has 0 fully saturated rings. The number of nitrogens with two attached hydrogens (primary N) is 1. The van der Waals surface area contributed by atoms with Crippen molar-refractivity contribution in [3.63, 3.8) is 0 Å². The number of rotatable bonds is 6. The van der Waals surface area contributed by atoms with Crippen LogP contribution in [-0.2, 0) is 11.3 Å². The molecule has 0 spiro atoms. The van der Waals surface area contributed by atoms with Crippen LogP contribution < -0.4 is 16.0 Å². The Kier molecular flexibility index (Phi) is 5.91. The second-order valence-electron chi connectivity index (χ2n) is 4.92. The van der Waals surface area contributed by atoms with Crippen LogP contribution in [0.2, 0.25) is 0 Å². The molecule has 0 radical (unpaired) electrons. The van der Waals surface area contributed by atoms with Gasteiger partial charge in [0.25, 0.3) is 0 Å². The number of methoxy groups -OCH3 is 1. The predicted octanol–water partition coefficient (Wildman–Crippen LogP) is 1.28. The van der Waals surface area contributed by atoms with Crippen molar-refractivity contribution in [1.82, 2.24) is 10.3 Å². The molecule has 5 nitrogen and oxygen atoms in total. The maximum Gasteiger partial charge on any atom is 0.238 e. The summed E-state index contributed by atoms with van der Waals surface area (Å²) < 4.78 is 18.5. The molecule has 1 rings (SSSR count). The number of nitrogens with zero attached hydrogens (tertiary/aromatic N) is 1. The van der Waals surface area contributed by atoms with E-state index in [-0.39, 0.29) is 29.4 Å². The number of amides is 1. The van der Waals surface area contributed by atoms with Gasteiger partial charge in [0, 0.05) is 12.6 Å². The maximum absolute atomic E-state index is 13.6. The molecule has 0 saturated carbocycles. The van der Waals surface area contributed by atoms with Crippen LogP contribution in [0, 0.1) is 11.7 Å². The third-order valence-corrected chi connectivity index (χ3v) is 3.62. The molecule has 0 bridgehead atoms. The van der Waals surface area contributed by atoms with Gasteiger partial charge in [0.05, 0.1) is 13.0 Å². The van der Waals surface area contributed by atoms with Crippen molar-refractivity contribution >= 4 is 5.91 Å². The van der Waals surface area contributed by atoms with Crippen LogP contribution in [0.4, 0.5) is 4.39 Å². The van der Waals surface area contributed by atoms with Gasteiger partial charge in [-0.15, -0.1) is 0 Å². The van der Waals surface area contributed by atoms with Gasteiger partial charge in [0.2, 0.25) is 5.91 Å². The van der Waals surface area contributed by atoms with Crippen LogP contribution in [-0.4, -0.2) is 31.0 Å². The summed E-state index contributed by atoms with van der Waals surface area (Å²) in [6.07, 6.45) is 0. The van der Waals surface area contributed by atoms with Crippen molar-refractivity contribution in [3.8, 4) is 5.75 Å². The van der Waals surface area contributed by atoms with Gasteiger partial charge in [0.1, 0.15) is 0 Å². The Balaban J connectivity index is 2.72. The largest absolute Gasteiger partial charge is 0.494 e. The average molecular weight is 283 g/mol. The van der Waals surface area contributed by atoms with Crippen LogP contribution in [0.5, 0.6) is 5.75 Å². The van der Waals surface area contributed by atoms with E-state index in [0.29, 0.717) is 6.54 Å². The molecule has 112 valence electrons. The van der Waals surface area contributed by atoms with Crippen molar-refractivity contribution < 1.29 is 13.9 Å². The van der Waals surface area contributed by atoms with Crippen LogP contribution in [0.3, 0.4) is 0 Å². The monoisotopic (exact) mass is 283 g/mol. The fraction of sp³-hybridized carbons (Fsp3) is 0.500. The van der Waals surface area contributed by atoms with Crippen LogP contribution >= 0.6 is 0 Å². The van der Waals surface area contributed by atoms with E-state index in [1.54, 1.807) is 19.1 Å². The van der Waals surface area contributed by atoms with Gasteiger partial charge in [0.15, 0.2) is 11.6 Å². The third kappa shape index (κ3) is 3.91. The molecular weight excluding hydrogens is 261 g/mol. The zero-order chi connectivity index (χ0) is 15.3. The highest BCUT2D eigenvalue weighted by Gasteiger charge is 2.23. The lowest BCUT2D eigenvalue weighted by atomic mass is 10.0. The molecule has 2 unspecified atom stereocenters. The fourth-order valence-corrected chi connectivity index (χ4v) is 1.97. The number of hydrogen-bond donors (Lipinski definition) is 2. The molecular formula is C14H22FN3O2. The molecule has 20 heavy (non-hydrogen) atoms. The summed E-state index contributed by atoms with van der Waals surface area (Å²) >= 11 is 0. The first-order valence-electron chi connectivity index (χ1n) is 6.43. The molecule has 3 N–H and O–H groups in total. The minimum Gasteiger partial charge on any atom is -0.494 e. The number of carbonyl (C=O) groups is 1. The SMILES string of the molecule is COc1ccc(CN(C)C(C)C(C)C(=O)NN)cc1F. The van der Waals surface area contributed by atoms with Crippen molar-refractivity contribution in [1.29, 1.82) is 0 Å². The minimum atomic E-state index is -0.390. The molecule has 0 heterocycles. The Hall–Kier alpha value is -1.66. The normalized spacial score (nSPS) is 13.9. The molecule has 0 aliphatic rings. The first-order valence-corrected chi connectivity index (χ1v) is 6.43. The van der Waals surface area contributed by atoms with Crippen molar-refractivity contribution in [3.05, 3.63) is 29.6 Å². The van der Waals surface area contributed by atoms with E-state index in [1.165, 1.54) is 13.2 Å². The number of nitrogens with one attached hydrogen (secondary N) is 1. The summed E-state index contributed by atoms with van der Waals surface area (Å²) in [6, 6.07) is 4.82. The Bertz CT molecular complexity index is 468. The summed E-state index contributed by atoms with van der Waals surface area (Å²) in [4.78, 5) is 13.5. The molecule has 1 aromatic rings. The molecule has 2 atom stereocenters. The van der Waals surface area contributed by atoms with Crippen LogP contribution in [0.25, 0.3) is 0 Å².